The molecular formula is C20H23NO3S. The molecule has 0 radical (unpaired) electrons. The average molecular weight is 357 g/mol. The van der Waals surface area contributed by atoms with Crippen LogP contribution in [0.2, 0.25) is 0 Å². The molecule has 0 bridgehead atoms. The Morgan fingerprint density at radius 2 is 1.84 bits per heavy atom. The van der Waals surface area contributed by atoms with Crippen molar-refractivity contribution in [1.29, 1.82) is 0 Å². The third kappa shape index (κ3) is 4.69. The lowest BCUT2D eigenvalue weighted by Gasteiger charge is -2.25. The van der Waals surface area contributed by atoms with Crippen molar-refractivity contribution < 1.29 is 13.2 Å². The Morgan fingerprint density at radius 3 is 2.56 bits per heavy atom. The lowest BCUT2D eigenvalue weighted by atomic mass is 9.83. The molecule has 0 fully saturated rings. The van der Waals surface area contributed by atoms with E-state index in [4.69, 9.17) is 0 Å². The Labute approximate surface area is 149 Å². The fourth-order valence-electron chi connectivity index (χ4n) is 3.44. The minimum atomic E-state index is -3.06. The first kappa shape index (κ1) is 17.7. The third-order valence-corrected chi connectivity index (χ3v) is 5.51. The zero-order valence-corrected chi connectivity index (χ0v) is 15.2. The third-order valence-electron chi connectivity index (χ3n) is 4.65. The molecule has 0 aliphatic heterocycles. The number of fused-ring (bicyclic) bond motifs is 1. The van der Waals surface area contributed by atoms with Crippen molar-refractivity contribution in [2.24, 2.45) is 0 Å². The van der Waals surface area contributed by atoms with Gasteiger partial charge in [-0.25, -0.2) is 8.42 Å². The summed E-state index contributed by atoms with van der Waals surface area (Å²) in [7, 11) is -3.06. The van der Waals surface area contributed by atoms with E-state index in [1.807, 2.05) is 0 Å². The number of nitrogens with one attached hydrogen (secondary N) is 1. The van der Waals surface area contributed by atoms with E-state index in [1.165, 1.54) is 17.4 Å². The van der Waals surface area contributed by atoms with E-state index < -0.39 is 9.84 Å². The molecule has 1 amide bonds. The molecule has 0 heterocycles. The van der Waals surface area contributed by atoms with Crippen molar-refractivity contribution in [3.63, 3.8) is 0 Å². The summed E-state index contributed by atoms with van der Waals surface area (Å²) < 4.78 is 22.6. The Hall–Kier alpha value is -2.14. The maximum absolute atomic E-state index is 12.4. The van der Waals surface area contributed by atoms with Crippen molar-refractivity contribution in [1.82, 2.24) is 5.32 Å². The number of aryl methyl sites for hydroxylation is 1. The molecule has 1 atom stereocenters. The molecule has 0 aromatic heterocycles. The summed E-state index contributed by atoms with van der Waals surface area (Å²) in [5.41, 5.74) is 3.98. The van der Waals surface area contributed by atoms with Gasteiger partial charge in [-0.3, -0.25) is 4.79 Å². The molecule has 0 spiro atoms. The standard InChI is InChI=1S/C20H23NO3S/c1-25(23,24)14-15-9-11-17(12-10-15)20(22)21-13-18-7-4-6-16-5-2-3-8-19(16)18/h2-3,5,8-12,18H,4,6-7,13-14H2,1H3,(H,21,22)/t18-/m1/s1. The lowest BCUT2D eigenvalue weighted by Crippen LogP contribution is -2.29. The Balaban J connectivity index is 1.62. The quantitative estimate of drug-likeness (QED) is 0.894. The van der Waals surface area contributed by atoms with Crippen molar-refractivity contribution in [2.75, 3.05) is 12.8 Å². The van der Waals surface area contributed by atoms with Crippen LogP contribution in [0.4, 0.5) is 0 Å². The molecule has 0 saturated heterocycles. The molecule has 2 aromatic carbocycles. The largest absolute Gasteiger partial charge is 0.351 e. The van der Waals surface area contributed by atoms with Crippen LogP contribution in [-0.4, -0.2) is 27.1 Å². The number of amides is 1. The monoisotopic (exact) mass is 357 g/mol. The predicted molar refractivity (Wildman–Crippen MR) is 99.4 cm³/mol. The zero-order valence-electron chi connectivity index (χ0n) is 14.4. The van der Waals surface area contributed by atoms with Crippen LogP contribution in [0.15, 0.2) is 48.5 Å². The molecule has 5 heteroatoms. The van der Waals surface area contributed by atoms with Crippen LogP contribution in [0.3, 0.4) is 0 Å². The number of carbonyl (C=O) groups is 1. The number of rotatable bonds is 5. The first-order valence-corrected chi connectivity index (χ1v) is 10.6. The van der Waals surface area contributed by atoms with Gasteiger partial charge < -0.3 is 5.32 Å². The van der Waals surface area contributed by atoms with E-state index in [2.05, 4.69) is 29.6 Å². The minimum Gasteiger partial charge on any atom is -0.351 e. The van der Waals surface area contributed by atoms with Crippen LogP contribution < -0.4 is 5.32 Å². The van der Waals surface area contributed by atoms with E-state index in [1.54, 1.807) is 24.3 Å². The Bertz CT molecular complexity index is 857. The summed E-state index contributed by atoms with van der Waals surface area (Å²) in [6.07, 6.45) is 4.56. The van der Waals surface area contributed by atoms with Crippen LogP contribution >= 0.6 is 0 Å². The summed E-state index contributed by atoms with van der Waals surface area (Å²) in [4.78, 5) is 12.4. The van der Waals surface area contributed by atoms with Gasteiger partial charge in [0.2, 0.25) is 0 Å². The van der Waals surface area contributed by atoms with Crippen LogP contribution in [0.1, 0.15) is 45.8 Å². The lowest BCUT2D eigenvalue weighted by molar-refractivity contribution is 0.0950. The van der Waals surface area contributed by atoms with Gasteiger partial charge in [0.1, 0.15) is 0 Å². The van der Waals surface area contributed by atoms with Crippen molar-refractivity contribution in [3.05, 3.63) is 70.8 Å². The smallest absolute Gasteiger partial charge is 0.251 e. The van der Waals surface area contributed by atoms with E-state index in [-0.39, 0.29) is 11.7 Å². The fourth-order valence-corrected chi connectivity index (χ4v) is 4.24. The van der Waals surface area contributed by atoms with E-state index in [9.17, 15) is 13.2 Å². The number of hydrogen-bond donors (Lipinski definition) is 1. The van der Waals surface area contributed by atoms with Crippen LogP contribution in [0.5, 0.6) is 0 Å². The predicted octanol–water partition coefficient (Wildman–Crippen LogP) is 3.08. The minimum absolute atomic E-state index is 0.00619. The number of sulfone groups is 1. The highest BCUT2D eigenvalue weighted by Crippen LogP contribution is 2.30. The molecule has 0 saturated carbocycles. The first-order valence-electron chi connectivity index (χ1n) is 8.55. The second kappa shape index (κ2) is 7.40. The SMILES string of the molecule is CS(=O)(=O)Cc1ccc(C(=O)NC[C@H]2CCCc3ccccc32)cc1. The maximum Gasteiger partial charge on any atom is 0.251 e. The van der Waals surface area contributed by atoms with Gasteiger partial charge in [0.15, 0.2) is 9.84 Å². The Morgan fingerprint density at radius 1 is 1.12 bits per heavy atom. The fraction of sp³-hybridized carbons (Fsp3) is 0.350. The number of carbonyl (C=O) groups excluding carboxylic acids is 1. The van der Waals surface area contributed by atoms with Crippen LogP contribution in [0, 0.1) is 0 Å². The Kier molecular flexibility index (Phi) is 5.23. The maximum atomic E-state index is 12.4. The molecule has 1 aliphatic carbocycles. The summed E-state index contributed by atoms with van der Waals surface area (Å²) in [6, 6.07) is 15.2. The van der Waals surface area contributed by atoms with Gasteiger partial charge in [-0.1, -0.05) is 36.4 Å². The highest BCUT2D eigenvalue weighted by atomic mass is 32.2. The second-order valence-electron chi connectivity index (χ2n) is 6.77. The molecular weight excluding hydrogens is 334 g/mol. The molecule has 2 aromatic rings. The summed E-state index contributed by atoms with van der Waals surface area (Å²) in [5, 5.41) is 3.02. The molecule has 132 valence electrons. The molecule has 3 rings (SSSR count). The van der Waals surface area contributed by atoms with Crippen molar-refractivity contribution in [2.45, 2.75) is 30.9 Å². The van der Waals surface area contributed by atoms with Crippen LogP contribution in [0.25, 0.3) is 0 Å². The molecule has 1 N–H and O–H groups in total. The van der Waals surface area contributed by atoms with Gasteiger partial charge in [-0.05, 0) is 48.1 Å². The number of benzene rings is 2. The van der Waals surface area contributed by atoms with Crippen LogP contribution in [-0.2, 0) is 22.0 Å². The highest BCUT2D eigenvalue weighted by Gasteiger charge is 2.20. The van der Waals surface area contributed by atoms with Crippen molar-refractivity contribution in [3.8, 4) is 0 Å². The van der Waals surface area contributed by atoms with Gasteiger partial charge in [0.25, 0.3) is 5.91 Å². The normalized spacial score (nSPS) is 16.9. The summed E-state index contributed by atoms with van der Waals surface area (Å²) in [6.45, 7) is 0.626. The molecule has 4 nitrogen and oxygen atoms in total. The average Bonchev–Trinajstić information content (AvgIpc) is 2.59. The van der Waals surface area contributed by atoms with E-state index in [0.29, 0.717) is 23.6 Å². The highest BCUT2D eigenvalue weighted by molar-refractivity contribution is 7.89. The van der Waals surface area contributed by atoms with E-state index in [0.717, 1.165) is 19.3 Å². The number of hydrogen-bond acceptors (Lipinski definition) is 3. The van der Waals surface area contributed by atoms with Gasteiger partial charge in [0.05, 0.1) is 5.75 Å². The van der Waals surface area contributed by atoms with Crippen molar-refractivity contribution >= 4 is 15.7 Å². The summed E-state index contributed by atoms with van der Waals surface area (Å²) in [5.74, 6) is 0.237. The van der Waals surface area contributed by atoms with Gasteiger partial charge >= 0.3 is 0 Å². The molecule has 25 heavy (non-hydrogen) atoms. The topological polar surface area (TPSA) is 63.2 Å². The molecule has 0 unspecified atom stereocenters. The van der Waals surface area contributed by atoms with Gasteiger partial charge in [-0.2, -0.15) is 0 Å². The zero-order chi connectivity index (χ0) is 17.9. The van der Waals surface area contributed by atoms with Gasteiger partial charge in [0, 0.05) is 24.3 Å². The molecule has 1 aliphatic rings. The first-order chi connectivity index (χ1) is 11.9. The summed E-state index contributed by atoms with van der Waals surface area (Å²) >= 11 is 0. The van der Waals surface area contributed by atoms with Gasteiger partial charge in [-0.15, -0.1) is 0 Å². The van der Waals surface area contributed by atoms with E-state index >= 15 is 0 Å². The second-order valence-corrected chi connectivity index (χ2v) is 8.91.